The summed E-state index contributed by atoms with van der Waals surface area (Å²) in [4.78, 5) is 14.4. The lowest BCUT2D eigenvalue weighted by Crippen LogP contribution is -2.09. The second-order valence-corrected chi connectivity index (χ2v) is 2.75. The molecule has 1 aromatic heterocycles. The highest BCUT2D eigenvalue weighted by molar-refractivity contribution is 5.74. The lowest BCUT2D eigenvalue weighted by molar-refractivity contribution is -0.138. The van der Waals surface area contributed by atoms with Crippen molar-refractivity contribution in [1.82, 2.24) is 4.98 Å². The fraction of sp³-hybridized carbons (Fsp3) is 0.333. The quantitative estimate of drug-likeness (QED) is 0.776. The molecular formula is C9H10FNO2. The number of halogens is 1. The van der Waals surface area contributed by atoms with Gasteiger partial charge in [-0.05, 0) is 19.1 Å². The topological polar surface area (TPSA) is 50.2 Å². The Labute approximate surface area is 75.2 Å². The molecule has 70 valence electrons. The first-order valence-electron chi connectivity index (χ1n) is 3.89. The lowest BCUT2D eigenvalue weighted by Gasteiger charge is -2.05. The number of carboxylic acid groups (broad SMARTS) is 1. The van der Waals surface area contributed by atoms with E-state index in [1.165, 1.54) is 13.0 Å². The van der Waals surface area contributed by atoms with Gasteiger partial charge in [-0.2, -0.15) is 0 Å². The summed E-state index contributed by atoms with van der Waals surface area (Å²) in [5, 5.41) is 8.67. The van der Waals surface area contributed by atoms with Crippen molar-refractivity contribution in [2.75, 3.05) is 0 Å². The number of pyridine rings is 1. The minimum Gasteiger partial charge on any atom is -0.481 e. The van der Waals surface area contributed by atoms with Gasteiger partial charge in [0.25, 0.3) is 0 Å². The number of carbonyl (C=O) groups is 1. The van der Waals surface area contributed by atoms with Crippen LogP contribution < -0.4 is 0 Å². The Morgan fingerprint density at radius 2 is 2.38 bits per heavy atom. The van der Waals surface area contributed by atoms with E-state index in [-0.39, 0.29) is 5.69 Å². The minimum atomic E-state index is -0.955. The minimum absolute atomic E-state index is 0.269. The van der Waals surface area contributed by atoms with Crippen molar-refractivity contribution in [3.8, 4) is 0 Å². The van der Waals surface area contributed by atoms with Gasteiger partial charge in [-0.25, -0.2) is 4.39 Å². The van der Waals surface area contributed by atoms with Gasteiger partial charge in [0.05, 0.1) is 17.3 Å². The molecule has 3 nitrogen and oxygen atoms in total. The molecule has 0 fully saturated rings. The third-order valence-corrected chi connectivity index (χ3v) is 1.78. The second-order valence-electron chi connectivity index (χ2n) is 2.75. The van der Waals surface area contributed by atoms with E-state index < -0.39 is 18.6 Å². The Balaban J connectivity index is 2.94. The van der Waals surface area contributed by atoms with E-state index in [0.29, 0.717) is 5.69 Å². The predicted molar refractivity (Wildman–Crippen MR) is 45.1 cm³/mol. The summed E-state index contributed by atoms with van der Waals surface area (Å²) in [6.45, 7) is 0.854. The molecule has 0 aliphatic rings. The molecule has 0 amide bonds. The molecule has 0 aromatic carbocycles. The van der Waals surface area contributed by atoms with Gasteiger partial charge in [-0.1, -0.05) is 6.07 Å². The Bertz CT molecular complexity index is 314. The van der Waals surface area contributed by atoms with Crippen LogP contribution in [0, 0.1) is 0 Å². The largest absolute Gasteiger partial charge is 0.481 e. The Kier molecular flexibility index (Phi) is 2.95. The third kappa shape index (κ3) is 2.24. The Morgan fingerprint density at radius 3 is 2.92 bits per heavy atom. The number of aliphatic carboxylic acids is 1. The summed E-state index contributed by atoms with van der Waals surface area (Å²) in [7, 11) is 0. The summed E-state index contributed by atoms with van der Waals surface area (Å²) in [6.07, 6.45) is 0. The van der Waals surface area contributed by atoms with Gasteiger partial charge in [-0.15, -0.1) is 0 Å². The normalized spacial score (nSPS) is 12.5. The smallest absolute Gasteiger partial charge is 0.312 e. The van der Waals surface area contributed by atoms with Crippen LogP contribution in [0.3, 0.4) is 0 Å². The molecule has 4 heteroatoms. The first kappa shape index (κ1) is 9.64. The van der Waals surface area contributed by atoms with Crippen LogP contribution in [0.1, 0.15) is 24.2 Å². The zero-order chi connectivity index (χ0) is 9.84. The molecule has 0 bridgehead atoms. The highest BCUT2D eigenvalue weighted by atomic mass is 19.1. The molecule has 1 heterocycles. The van der Waals surface area contributed by atoms with Gasteiger partial charge >= 0.3 is 5.97 Å². The average molecular weight is 183 g/mol. The van der Waals surface area contributed by atoms with E-state index in [9.17, 15) is 9.18 Å². The van der Waals surface area contributed by atoms with E-state index in [1.54, 1.807) is 12.1 Å². The van der Waals surface area contributed by atoms with E-state index >= 15 is 0 Å². The standard InChI is InChI=1S/C9H10FNO2/c1-6(9(12)13)8-4-2-3-7(5-10)11-8/h2-4,6H,5H2,1H3,(H,12,13). The van der Waals surface area contributed by atoms with E-state index in [1.807, 2.05) is 0 Å². The van der Waals surface area contributed by atoms with Crippen LogP contribution in [0.15, 0.2) is 18.2 Å². The van der Waals surface area contributed by atoms with E-state index in [0.717, 1.165) is 0 Å². The number of carboxylic acids is 1. The number of rotatable bonds is 3. The zero-order valence-electron chi connectivity index (χ0n) is 7.20. The maximum Gasteiger partial charge on any atom is 0.312 e. The van der Waals surface area contributed by atoms with Crippen LogP contribution in [-0.4, -0.2) is 16.1 Å². The summed E-state index contributed by atoms with van der Waals surface area (Å²) in [5.41, 5.74) is 0.660. The highest BCUT2D eigenvalue weighted by Gasteiger charge is 2.14. The number of hydrogen-bond acceptors (Lipinski definition) is 2. The fourth-order valence-electron chi connectivity index (χ4n) is 0.940. The predicted octanol–water partition coefficient (Wildman–Crippen LogP) is 1.74. The molecule has 1 unspecified atom stereocenters. The van der Waals surface area contributed by atoms with E-state index in [2.05, 4.69) is 4.98 Å². The maximum atomic E-state index is 12.2. The van der Waals surface area contributed by atoms with Crippen LogP contribution in [-0.2, 0) is 11.5 Å². The van der Waals surface area contributed by atoms with Gasteiger partial charge in [0.1, 0.15) is 6.67 Å². The third-order valence-electron chi connectivity index (χ3n) is 1.78. The van der Waals surface area contributed by atoms with Crippen LogP contribution in [0.25, 0.3) is 0 Å². The summed E-state index contributed by atoms with van der Waals surface area (Å²) >= 11 is 0. The van der Waals surface area contributed by atoms with Gasteiger partial charge in [0, 0.05) is 0 Å². The van der Waals surface area contributed by atoms with Gasteiger partial charge in [-0.3, -0.25) is 9.78 Å². The Morgan fingerprint density at radius 1 is 1.69 bits per heavy atom. The first-order valence-corrected chi connectivity index (χ1v) is 3.89. The molecule has 1 rings (SSSR count). The SMILES string of the molecule is CC(C(=O)O)c1cccc(CF)n1. The van der Waals surface area contributed by atoms with Crippen molar-refractivity contribution in [1.29, 1.82) is 0 Å². The molecule has 0 aliphatic heterocycles. The molecule has 0 saturated carbocycles. The average Bonchev–Trinajstić information content (AvgIpc) is 2.16. The van der Waals surface area contributed by atoms with Gasteiger partial charge in [0.15, 0.2) is 0 Å². The number of alkyl halides is 1. The lowest BCUT2D eigenvalue weighted by atomic mass is 10.1. The molecule has 1 N–H and O–H groups in total. The van der Waals surface area contributed by atoms with Crippen molar-refractivity contribution < 1.29 is 14.3 Å². The number of aromatic nitrogens is 1. The highest BCUT2D eigenvalue weighted by Crippen LogP contribution is 2.13. The molecular weight excluding hydrogens is 173 g/mol. The molecule has 13 heavy (non-hydrogen) atoms. The van der Waals surface area contributed by atoms with Crippen LogP contribution >= 0.6 is 0 Å². The fourth-order valence-corrected chi connectivity index (χ4v) is 0.940. The van der Waals surface area contributed by atoms with Gasteiger partial charge < -0.3 is 5.11 Å². The van der Waals surface area contributed by atoms with Crippen LogP contribution in [0.5, 0.6) is 0 Å². The zero-order valence-corrected chi connectivity index (χ0v) is 7.20. The van der Waals surface area contributed by atoms with Crippen LogP contribution in [0.2, 0.25) is 0 Å². The maximum absolute atomic E-state index is 12.2. The molecule has 1 atom stereocenters. The molecule has 0 spiro atoms. The van der Waals surface area contributed by atoms with Crippen molar-refractivity contribution in [3.63, 3.8) is 0 Å². The molecule has 0 saturated heterocycles. The molecule has 0 aliphatic carbocycles. The number of hydrogen-bond donors (Lipinski definition) is 1. The summed E-state index contributed by atoms with van der Waals surface area (Å²) in [6, 6.07) is 4.71. The summed E-state index contributed by atoms with van der Waals surface area (Å²) < 4.78 is 12.2. The van der Waals surface area contributed by atoms with Crippen molar-refractivity contribution >= 4 is 5.97 Å². The van der Waals surface area contributed by atoms with Crippen molar-refractivity contribution in [3.05, 3.63) is 29.6 Å². The monoisotopic (exact) mass is 183 g/mol. The number of nitrogens with zero attached hydrogens (tertiary/aromatic N) is 1. The Hall–Kier alpha value is -1.45. The second kappa shape index (κ2) is 3.98. The van der Waals surface area contributed by atoms with Crippen LogP contribution in [0.4, 0.5) is 4.39 Å². The van der Waals surface area contributed by atoms with E-state index in [4.69, 9.17) is 5.11 Å². The summed E-state index contributed by atoms with van der Waals surface area (Å²) in [5.74, 6) is -1.64. The molecule has 0 radical (unpaired) electrons. The first-order chi connectivity index (χ1) is 6.15. The molecule has 1 aromatic rings. The van der Waals surface area contributed by atoms with Crippen molar-refractivity contribution in [2.24, 2.45) is 0 Å². The van der Waals surface area contributed by atoms with Crippen molar-refractivity contribution in [2.45, 2.75) is 19.5 Å². The van der Waals surface area contributed by atoms with Gasteiger partial charge in [0.2, 0.25) is 0 Å².